The quantitative estimate of drug-likeness (QED) is 0.735. The van der Waals surface area contributed by atoms with E-state index < -0.39 is 0 Å². The maximum atomic E-state index is 5.01. The predicted molar refractivity (Wildman–Crippen MR) is 71.8 cm³/mol. The van der Waals surface area contributed by atoms with Gasteiger partial charge in [0.2, 0.25) is 0 Å². The summed E-state index contributed by atoms with van der Waals surface area (Å²) >= 11 is 0. The summed E-state index contributed by atoms with van der Waals surface area (Å²) in [6, 6.07) is 4.05. The molecule has 1 aromatic heterocycles. The van der Waals surface area contributed by atoms with E-state index in [0.717, 1.165) is 19.7 Å². The van der Waals surface area contributed by atoms with Crippen LogP contribution < -0.4 is 5.32 Å². The average Bonchev–Trinajstić information content (AvgIpc) is 2.34. The highest BCUT2D eigenvalue weighted by molar-refractivity contribution is 5.52. The Morgan fingerprint density at radius 2 is 2.12 bits per heavy atom. The zero-order valence-corrected chi connectivity index (χ0v) is 10.9. The molecule has 0 aliphatic heterocycles. The second kappa shape index (κ2) is 7.98. The van der Waals surface area contributed by atoms with Crippen molar-refractivity contribution >= 4 is 6.08 Å². The Labute approximate surface area is 104 Å². The molecule has 3 heteroatoms. The second-order valence-corrected chi connectivity index (χ2v) is 4.32. The minimum absolute atomic E-state index is 0.540. The summed E-state index contributed by atoms with van der Waals surface area (Å²) in [4.78, 5) is 4.02. The van der Waals surface area contributed by atoms with E-state index in [1.807, 2.05) is 24.5 Å². The van der Waals surface area contributed by atoms with Gasteiger partial charge in [-0.2, -0.15) is 0 Å². The number of rotatable bonds is 7. The number of hydrogen-bond acceptors (Lipinski definition) is 3. The van der Waals surface area contributed by atoms with Crippen molar-refractivity contribution in [1.29, 1.82) is 0 Å². The lowest BCUT2D eigenvalue weighted by Gasteiger charge is -2.12. The largest absolute Gasteiger partial charge is 0.383 e. The van der Waals surface area contributed by atoms with Crippen molar-refractivity contribution in [3.63, 3.8) is 0 Å². The minimum atomic E-state index is 0.540. The maximum absolute atomic E-state index is 5.01. The van der Waals surface area contributed by atoms with Crippen molar-refractivity contribution in [3.05, 3.63) is 35.7 Å². The third-order valence-electron chi connectivity index (χ3n) is 2.61. The molecule has 0 spiro atoms. The molecular formula is C14H22N2O. The van der Waals surface area contributed by atoms with Crippen LogP contribution in [0.2, 0.25) is 0 Å². The summed E-state index contributed by atoms with van der Waals surface area (Å²) in [6.07, 6.45) is 5.87. The van der Waals surface area contributed by atoms with E-state index in [1.54, 1.807) is 7.11 Å². The SMILES string of the molecule is COCCNCC(=Cc1ccncc1)C(C)C. The maximum Gasteiger partial charge on any atom is 0.0587 e. The van der Waals surface area contributed by atoms with Crippen molar-refractivity contribution in [2.45, 2.75) is 13.8 Å². The van der Waals surface area contributed by atoms with Crippen LogP contribution in [0.1, 0.15) is 19.4 Å². The Balaban J connectivity index is 2.56. The van der Waals surface area contributed by atoms with Crippen LogP contribution in [0, 0.1) is 5.92 Å². The molecule has 0 unspecified atom stereocenters. The van der Waals surface area contributed by atoms with Gasteiger partial charge in [0.05, 0.1) is 6.61 Å². The summed E-state index contributed by atoms with van der Waals surface area (Å²) in [7, 11) is 1.72. The van der Waals surface area contributed by atoms with Gasteiger partial charge in [-0.15, -0.1) is 0 Å². The first-order chi connectivity index (χ1) is 8.24. The van der Waals surface area contributed by atoms with Gasteiger partial charge in [0.25, 0.3) is 0 Å². The Morgan fingerprint density at radius 3 is 2.71 bits per heavy atom. The van der Waals surface area contributed by atoms with Crippen LogP contribution in [0.3, 0.4) is 0 Å². The first kappa shape index (κ1) is 13.9. The normalized spacial score (nSPS) is 12.1. The van der Waals surface area contributed by atoms with E-state index in [0.29, 0.717) is 5.92 Å². The van der Waals surface area contributed by atoms with Crippen LogP contribution in [0.5, 0.6) is 0 Å². The molecule has 0 amide bonds. The van der Waals surface area contributed by atoms with Crippen LogP contribution in [-0.2, 0) is 4.74 Å². The van der Waals surface area contributed by atoms with Crippen molar-refractivity contribution < 1.29 is 4.74 Å². The lowest BCUT2D eigenvalue weighted by molar-refractivity contribution is 0.200. The number of methoxy groups -OCH3 is 1. The Hall–Kier alpha value is -1.19. The second-order valence-electron chi connectivity index (χ2n) is 4.32. The van der Waals surface area contributed by atoms with E-state index in [-0.39, 0.29) is 0 Å². The zero-order valence-electron chi connectivity index (χ0n) is 10.9. The highest BCUT2D eigenvalue weighted by Crippen LogP contribution is 2.13. The molecule has 0 aliphatic carbocycles. The molecule has 1 heterocycles. The van der Waals surface area contributed by atoms with Gasteiger partial charge in [0, 0.05) is 32.6 Å². The minimum Gasteiger partial charge on any atom is -0.383 e. The molecule has 0 saturated carbocycles. The predicted octanol–water partition coefficient (Wildman–Crippen LogP) is 2.36. The van der Waals surface area contributed by atoms with E-state index in [4.69, 9.17) is 4.74 Å². The Kier molecular flexibility index (Phi) is 6.51. The zero-order chi connectivity index (χ0) is 12.5. The average molecular weight is 234 g/mol. The number of pyridine rings is 1. The van der Waals surface area contributed by atoms with Crippen LogP contribution >= 0.6 is 0 Å². The highest BCUT2D eigenvalue weighted by atomic mass is 16.5. The van der Waals surface area contributed by atoms with Gasteiger partial charge < -0.3 is 10.1 Å². The molecule has 0 atom stereocenters. The van der Waals surface area contributed by atoms with Gasteiger partial charge in [-0.3, -0.25) is 4.98 Å². The van der Waals surface area contributed by atoms with Crippen molar-refractivity contribution in [3.8, 4) is 0 Å². The molecule has 0 fully saturated rings. The van der Waals surface area contributed by atoms with E-state index >= 15 is 0 Å². The summed E-state index contributed by atoms with van der Waals surface area (Å²) in [5.74, 6) is 0.540. The summed E-state index contributed by atoms with van der Waals surface area (Å²) < 4.78 is 5.01. The molecule has 0 radical (unpaired) electrons. The third-order valence-corrected chi connectivity index (χ3v) is 2.61. The van der Waals surface area contributed by atoms with Crippen molar-refractivity contribution in [2.24, 2.45) is 5.92 Å². The van der Waals surface area contributed by atoms with E-state index in [1.165, 1.54) is 11.1 Å². The molecule has 17 heavy (non-hydrogen) atoms. The topological polar surface area (TPSA) is 34.1 Å². The number of aromatic nitrogens is 1. The molecule has 1 rings (SSSR count). The van der Waals surface area contributed by atoms with Crippen LogP contribution in [-0.4, -0.2) is 31.8 Å². The van der Waals surface area contributed by atoms with Gasteiger partial charge in [-0.05, 0) is 23.6 Å². The van der Waals surface area contributed by atoms with Gasteiger partial charge in [-0.1, -0.05) is 25.5 Å². The fourth-order valence-electron chi connectivity index (χ4n) is 1.50. The summed E-state index contributed by atoms with van der Waals surface area (Å²) in [5, 5.41) is 3.38. The number of nitrogens with zero attached hydrogens (tertiary/aromatic N) is 1. The van der Waals surface area contributed by atoms with Crippen LogP contribution in [0.15, 0.2) is 30.1 Å². The first-order valence-electron chi connectivity index (χ1n) is 6.04. The fourth-order valence-corrected chi connectivity index (χ4v) is 1.50. The molecule has 0 saturated heterocycles. The number of ether oxygens (including phenoxy) is 1. The van der Waals surface area contributed by atoms with Crippen molar-refractivity contribution in [1.82, 2.24) is 10.3 Å². The number of hydrogen-bond donors (Lipinski definition) is 1. The lowest BCUT2D eigenvalue weighted by atomic mass is 10.0. The highest BCUT2D eigenvalue weighted by Gasteiger charge is 2.03. The van der Waals surface area contributed by atoms with Gasteiger partial charge >= 0.3 is 0 Å². The smallest absolute Gasteiger partial charge is 0.0587 e. The molecule has 1 aromatic rings. The summed E-state index contributed by atoms with van der Waals surface area (Å²) in [5.41, 5.74) is 2.60. The van der Waals surface area contributed by atoms with Crippen LogP contribution in [0.4, 0.5) is 0 Å². The number of nitrogens with one attached hydrogen (secondary N) is 1. The monoisotopic (exact) mass is 234 g/mol. The van der Waals surface area contributed by atoms with Crippen LogP contribution in [0.25, 0.3) is 6.08 Å². The van der Waals surface area contributed by atoms with Crippen molar-refractivity contribution in [2.75, 3.05) is 26.8 Å². The molecule has 0 aromatic carbocycles. The van der Waals surface area contributed by atoms with E-state index in [2.05, 4.69) is 30.2 Å². The molecular weight excluding hydrogens is 212 g/mol. The molecule has 3 nitrogen and oxygen atoms in total. The summed E-state index contributed by atoms with van der Waals surface area (Å²) in [6.45, 7) is 6.97. The van der Waals surface area contributed by atoms with Gasteiger partial charge in [0.15, 0.2) is 0 Å². The third kappa shape index (κ3) is 5.61. The van der Waals surface area contributed by atoms with E-state index in [9.17, 15) is 0 Å². The molecule has 94 valence electrons. The molecule has 0 aliphatic rings. The first-order valence-corrected chi connectivity index (χ1v) is 6.04. The van der Waals surface area contributed by atoms with Gasteiger partial charge in [-0.25, -0.2) is 0 Å². The standard InChI is InChI=1S/C14H22N2O/c1-12(2)14(11-16-8-9-17-3)10-13-4-6-15-7-5-13/h4-7,10,12,16H,8-9,11H2,1-3H3. The molecule has 0 bridgehead atoms. The molecule has 1 N–H and O–H groups in total. The lowest BCUT2D eigenvalue weighted by Crippen LogP contribution is -2.23. The van der Waals surface area contributed by atoms with Gasteiger partial charge in [0.1, 0.15) is 0 Å². The Bertz CT molecular complexity index is 333. The fraction of sp³-hybridized carbons (Fsp3) is 0.500. The Morgan fingerprint density at radius 1 is 1.41 bits per heavy atom.